The molecule has 0 aliphatic carbocycles. The van der Waals surface area contributed by atoms with Crippen LogP contribution in [0.1, 0.15) is 35.7 Å². The smallest absolute Gasteiger partial charge is 0.260 e. The molecule has 3 aromatic rings. The Balaban J connectivity index is 1.46. The Kier molecular flexibility index (Phi) is 6.71. The molecule has 0 bridgehead atoms. The molecule has 0 aromatic heterocycles. The maximum Gasteiger partial charge on any atom is 0.260 e. The Hall–Kier alpha value is -3.38. The van der Waals surface area contributed by atoms with Gasteiger partial charge in [-0.1, -0.05) is 42.5 Å². The highest BCUT2D eigenvalue weighted by molar-refractivity contribution is 6.15. The third kappa shape index (κ3) is 4.92. The molecule has 166 valence electrons. The monoisotopic (exact) mass is 432 g/mol. The molecule has 2 amide bonds. The highest BCUT2D eigenvalue weighted by atomic mass is 16.5. The molecule has 6 heteroatoms. The number of nitrogens with zero attached hydrogens (tertiary/aromatic N) is 1. The van der Waals surface area contributed by atoms with Gasteiger partial charge in [0.05, 0.1) is 24.7 Å². The molecule has 4 rings (SSSR count). The molecule has 2 N–H and O–H groups in total. The van der Waals surface area contributed by atoms with E-state index in [9.17, 15) is 14.7 Å². The molecule has 0 spiro atoms. The van der Waals surface area contributed by atoms with E-state index in [1.54, 1.807) is 4.90 Å². The third-order valence-corrected chi connectivity index (χ3v) is 5.80. The van der Waals surface area contributed by atoms with Gasteiger partial charge in [-0.3, -0.25) is 9.59 Å². The molecule has 32 heavy (non-hydrogen) atoms. The van der Waals surface area contributed by atoms with E-state index >= 15 is 0 Å². The Morgan fingerprint density at radius 2 is 1.75 bits per heavy atom. The SMILES string of the molecule is CCOc1ccc2ccccc2c1C(=O)Nc1ccc(CC(=O)N2CCC(O)CC2)cc1. The largest absolute Gasteiger partial charge is 0.493 e. The van der Waals surface area contributed by atoms with Crippen LogP contribution in [0.2, 0.25) is 0 Å². The van der Waals surface area contributed by atoms with Crippen molar-refractivity contribution in [1.29, 1.82) is 0 Å². The van der Waals surface area contributed by atoms with E-state index in [1.807, 2.05) is 67.6 Å². The van der Waals surface area contributed by atoms with Crippen LogP contribution in [0.25, 0.3) is 10.8 Å². The van der Waals surface area contributed by atoms with E-state index in [-0.39, 0.29) is 17.9 Å². The number of likely N-dealkylation sites (tertiary alicyclic amines) is 1. The Labute approximate surface area is 187 Å². The van der Waals surface area contributed by atoms with E-state index in [0.29, 0.717) is 56.0 Å². The van der Waals surface area contributed by atoms with Crippen molar-refractivity contribution >= 4 is 28.3 Å². The van der Waals surface area contributed by atoms with Crippen molar-refractivity contribution in [3.05, 3.63) is 71.8 Å². The Morgan fingerprint density at radius 3 is 2.47 bits per heavy atom. The van der Waals surface area contributed by atoms with Crippen LogP contribution in [-0.2, 0) is 11.2 Å². The number of rotatable bonds is 6. The molecule has 1 heterocycles. The lowest BCUT2D eigenvalue weighted by Gasteiger charge is -2.29. The number of amides is 2. The van der Waals surface area contributed by atoms with Crippen molar-refractivity contribution in [1.82, 2.24) is 4.90 Å². The maximum absolute atomic E-state index is 13.1. The molecular weight excluding hydrogens is 404 g/mol. The molecule has 1 fully saturated rings. The highest BCUT2D eigenvalue weighted by Gasteiger charge is 2.21. The minimum atomic E-state index is -0.299. The topological polar surface area (TPSA) is 78.9 Å². The van der Waals surface area contributed by atoms with Gasteiger partial charge in [-0.2, -0.15) is 0 Å². The number of benzene rings is 3. The number of carbonyl (C=O) groups is 2. The fourth-order valence-corrected chi connectivity index (χ4v) is 4.06. The van der Waals surface area contributed by atoms with Crippen molar-refractivity contribution in [3.8, 4) is 5.75 Å². The number of aliphatic hydroxyl groups is 1. The van der Waals surface area contributed by atoms with Crippen molar-refractivity contribution in [2.75, 3.05) is 25.0 Å². The van der Waals surface area contributed by atoms with Crippen LogP contribution in [-0.4, -0.2) is 47.6 Å². The molecule has 1 saturated heterocycles. The summed E-state index contributed by atoms with van der Waals surface area (Å²) in [5.74, 6) is 0.379. The van der Waals surface area contributed by atoms with Crippen LogP contribution < -0.4 is 10.1 Å². The molecule has 1 aliphatic heterocycles. The van der Waals surface area contributed by atoms with Crippen molar-refractivity contribution in [2.45, 2.75) is 32.3 Å². The second kappa shape index (κ2) is 9.83. The molecule has 0 radical (unpaired) electrons. The third-order valence-electron chi connectivity index (χ3n) is 5.80. The number of nitrogens with one attached hydrogen (secondary N) is 1. The zero-order valence-electron chi connectivity index (χ0n) is 18.2. The minimum Gasteiger partial charge on any atom is -0.493 e. The fourth-order valence-electron chi connectivity index (χ4n) is 4.06. The molecular formula is C26H28N2O4. The van der Waals surface area contributed by atoms with E-state index < -0.39 is 0 Å². The van der Waals surface area contributed by atoms with Crippen LogP contribution in [0.15, 0.2) is 60.7 Å². The van der Waals surface area contributed by atoms with E-state index in [1.165, 1.54) is 0 Å². The molecule has 1 aliphatic rings. The van der Waals surface area contributed by atoms with Gasteiger partial charge in [0, 0.05) is 18.8 Å². The fraction of sp³-hybridized carbons (Fsp3) is 0.308. The zero-order chi connectivity index (χ0) is 22.5. The second-order valence-corrected chi connectivity index (χ2v) is 8.03. The summed E-state index contributed by atoms with van der Waals surface area (Å²) in [7, 11) is 0. The van der Waals surface area contributed by atoms with E-state index in [0.717, 1.165) is 16.3 Å². The molecule has 0 unspecified atom stereocenters. The van der Waals surface area contributed by atoms with Crippen molar-refractivity contribution < 1.29 is 19.4 Å². The second-order valence-electron chi connectivity index (χ2n) is 8.03. The molecule has 0 saturated carbocycles. The number of carbonyl (C=O) groups excluding carboxylic acids is 2. The van der Waals surface area contributed by atoms with Crippen LogP contribution in [0, 0.1) is 0 Å². The van der Waals surface area contributed by atoms with Gasteiger partial charge in [0.1, 0.15) is 5.75 Å². The average Bonchev–Trinajstić information content (AvgIpc) is 2.80. The van der Waals surface area contributed by atoms with Gasteiger partial charge in [-0.05, 0) is 54.3 Å². The van der Waals surface area contributed by atoms with Crippen molar-refractivity contribution in [3.63, 3.8) is 0 Å². The standard InChI is InChI=1S/C26H28N2O4/c1-2-32-23-12-9-19-5-3-4-6-22(19)25(23)26(31)27-20-10-7-18(8-11-20)17-24(30)28-15-13-21(29)14-16-28/h3-12,21,29H,2,13-17H2,1H3,(H,27,31). The molecule has 6 nitrogen and oxygen atoms in total. The van der Waals surface area contributed by atoms with Gasteiger partial charge in [0.25, 0.3) is 5.91 Å². The summed E-state index contributed by atoms with van der Waals surface area (Å²) >= 11 is 0. The summed E-state index contributed by atoms with van der Waals surface area (Å²) in [5, 5.41) is 14.4. The number of aliphatic hydroxyl groups excluding tert-OH is 1. The predicted molar refractivity (Wildman–Crippen MR) is 125 cm³/mol. The first-order chi connectivity index (χ1) is 15.5. The lowest BCUT2D eigenvalue weighted by Crippen LogP contribution is -2.40. The lowest BCUT2D eigenvalue weighted by atomic mass is 10.0. The van der Waals surface area contributed by atoms with Crippen LogP contribution in [0.5, 0.6) is 5.75 Å². The van der Waals surface area contributed by atoms with Gasteiger partial charge in [0.15, 0.2) is 0 Å². The predicted octanol–water partition coefficient (Wildman–Crippen LogP) is 4.02. The number of fused-ring (bicyclic) bond motifs is 1. The number of piperidine rings is 1. The number of hydrogen-bond donors (Lipinski definition) is 2. The normalized spacial score (nSPS) is 14.4. The summed E-state index contributed by atoms with van der Waals surface area (Å²) in [6.07, 6.45) is 1.28. The highest BCUT2D eigenvalue weighted by Crippen LogP contribution is 2.29. The van der Waals surface area contributed by atoms with Crippen LogP contribution >= 0.6 is 0 Å². The molecule has 0 atom stereocenters. The number of hydrogen-bond acceptors (Lipinski definition) is 4. The quantitative estimate of drug-likeness (QED) is 0.617. The van der Waals surface area contributed by atoms with Gasteiger partial charge in [-0.25, -0.2) is 0 Å². The summed E-state index contributed by atoms with van der Waals surface area (Å²) in [5.41, 5.74) is 2.05. The van der Waals surface area contributed by atoms with E-state index in [4.69, 9.17) is 4.74 Å². The first-order valence-electron chi connectivity index (χ1n) is 11.1. The van der Waals surface area contributed by atoms with E-state index in [2.05, 4.69) is 5.32 Å². The first-order valence-corrected chi connectivity index (χ1v) is 11.1. The number of ether oxygens (including phenoxy) is 1. The minimum absolute atomic E-state index is 0.0609. The van der Waals surface area contributed by atoms with Crippen LogP contribution in [0.3, 0.4) is 0 Å². The maximum atomic E-state index is 13.1. The summed E-state index contributed by atoms with van der Waals surface area (Å²) in [6.45, 7) is 3.56. The zero-order valence-corrected chi connectivity index (χ0v) is 18.2. The lowest BCUT2D eigenvalue weighted by molar-refractivity contribution is -0.132. The Bertz CT molecular complexity index is 1100. The molecule has 3 aromatic carbocycles. The van der Waals surface area contributed by atoms with Crippen LogP contribution in [0.4, 0.5) is 5.69 Å². The summed E-state index contributed by atoms with van der Waals surface area (Å²) < 4.78 is 5.71. The van der Waals surface area contributed by atoms with Gasteiger partial charge in [0.2, 0.25) is 5.91 Å². The van der Waals surface area contributed by atoms with Crippen molar-refractivity contribution in [2.24, 2.45) is 0 Å². The average molecular weight is 433 g/mol. The number of anilines is 1. The Morgan fingerprint density at radius 1 is 1.03 bits per heavy atom. The summed E-state index contributed by atoms with van der Waals surface area (Å²) in [4.78, 5) is 27.5. The van der Waals surface area contributed by atoms with Gasteiger partial charge >= 0.3 is 0 Å². The summed E-state index contributed by atoms with van der Waals surface area (Å²) in [6, 6.07) is 18.9. The van der Waals surface area contributed by atoms with Gasteiger partial charge < -0.3 is 20.1 Å². The van der Waals surface area contributed by atoms with Gasteiger partial charge in [-0.15, -0.1) is 0 Å². The first kappa shape index (κ1) is 21.8.